The van der Waals surface area contributed by atoms with E-state index in [0.29, 0.717) is 12.8 Å². The molecule has 0 bridgehead atoms. The van der Waals surface area contributed by atoms with Crippen molar-refractivity contribution in [3.05, 3.63) is 53.6 Å². The van der Waals surface area contributed by atoms with Crippen LogP contribution in [-0.2, 0) is 19.7 Å². The molecule has 4 unspecified atom stereocenters. The maximum absolute atomic E-state index is 12.4. The number of carboxylic acid groups (broad SMARTS) is 1. The zero-order chi connectivity index (χ0) is 29.0. The number of ketones is 2. The number of carbonyl (C=O) groups is 3. The van der Waals surface area contributed by atoms with Crippen LogP contribution >= 0.6 is 0 Å². The van der Waals surface area contributed by atoms with Crippen molar-refractivity contribution in [3.8, 4) is 0 Å². The van der Waals surface area contributed by atoms with E-state index in [-0.39, 0.29) is 64.1 Å². The first kappa shape index (κ1) is 32.8. The van der Waals surface area contributed by atoms with Gasteiger partial charge in [0.15, 0.2) is 11.6 Å². The number of aliphatic hydroxyl groups is 3. The molecule has 40 heavy (non-hydrogen) atoms. The van der Waals surface area contributed by atoms with Crippen LogP contribution in [0.4, 0.5) is 0 Å². The van der Waals surface area contributed by atoms with E-state index in [1.807, 2.05) is 13.0 Å². The minimum absolute atomic E-state index is 0. The molecule has 7 atom stereocenters. The third kappa shape index (κ3) is 5.43. The van der Waals surface area contributed by atoms with Crippen molar-refractivity contribution in [1.29, 1.82) is 0 Å². The van der Waals surface area contributed by atoms with E-state index < -0.39 is 50.5 Å². The molecule has 3 saturated carbocycles. The molecule has 0 saturated heterocycles. The molecule has 0 amide bonds. The summed E-state index contributed by atoms with van der Waals surface area (Å²) >= 11 is 0. The minimum Gasteiger partial charge on any atom is -0.545 e. The molecule has 5 rings (SSSR count). The number of hydrogen-bond acceptors (Lipinski definition) is 9. The number of benzene rings is 1. The van der Waals surface area contributed by atoms with E-state index in [1.165, 1.54) is 12.1 Å². The second-order valence-electron chi connectivity index (χ2n) is 11.5. The molecule has 0 heterocycles. The van der Waals surface area contributed by atoms with Crippen molar-refractivity contribution in [1.82, 2.24) is 0 Å². The molecule has 1 aromatic carbocycles. The third-order valence-corrected chi connectivity index (χ3v) is 10.5. The van der Waals surface area contributed by atoms with Gasteiger partial charge in [-0.15, -0.1) is 0 Å². The maximum atomic E-state index is 12.4. The van der Waals surface area contributed by atoms with Crippen molar-refractivity contribution < 1.29 is 77.3 Å². The number of allylic oxidation sites excluding steroid dienone is 4. The number of fused-ring (bicyclic) bond motifs is 5. The Morgan fingerprint density at radius 3 is 2.45 bits per heavy atom. The number of aromatic carboxylic acids is 1. The Balaban J connectivity index is 0.000000268. The Labute approximate surface area is 255 Å². The van der Waals surface area contributed by atoms with Gasteiger partial charge in [0.1, 0.15) is 12.2 Å². The predicted molar refractivity (Wildman–Crippen MR) is 136 cm³/mol. The van der Waals surface area contributed by atoms with E-state index in [4.69, 9.17) is 4.55 Å². The molecule has 1 aromatic rings. The van der Waals surface area contributed by atoms with Gasteiger partial charge in [0, 0.05) is 16.7 Å². The summed E-state index contributed by atoms with van der Waals surface area (Å²) in [6.45, 7) is 3.34. The summed E-state index contributed by atoms with van der Waals surface area (Å²) in [5, 5.41) is 42.0. The molecular formula is C28H33NaO10S. The van der Waals surface area contributed by atoms with Crippen molar-refractivity contribution in [3.63, 3.8) is 0 Å². The average Bonchev–Trinajstić information content (AvgIpc) is 3.14. The SMILES string of the molecule is C[C@]12C=CC(=O)C=C1CCC1C2C(O)C[C@@]2(C)C1CC[C@]2(O)C(=O)CO.O=C([O-])c1cccc(S(=O)(=O)O)c1.[Na+]. The van der Waals surface area contributed by atoms with Gasteiger partial charge < -0.3 is 25.2 Å². The van der Waals surface area contributed by atoms with Gasteiger partial charge in [0.05, 0.1) is 17.0 Å². The second-order valence-corrected chi connectivity index (χ2v) is 12.9. The number of aliphatic hydroxyl groups excluding tert-OH is 2. The molecule has 10 nitrogen and oxygen atoms in total. The summed E-state index contributed by atoms with van der Waals surface area (Å²) in [6.07, 6.45) is 7.68. The molecule has 4 aliphatic carbocycles. The van der Waals surface area contributed by atoms with E-state index in [0.717, 1.165) is 37.0 Å². The Bertz CT molecular complexity index is 1370. The quantitative estimate of drug-likeness (QED) is 0.224. The summed E-state index contributed by atoms with van der Waals surface area (Å²) in [4.78, 5) is 34.0. The predicted octanol–water partition coefficient (Wildman–Crippen LogP) is -2.14. The number of carboxylic acids is 1. The van der Waals surface area contributed by atoms with Gasteiger partial charge in [0.25, 0.3) is 10.1 Å². The number of Topliss-reactive ketones (excluding diaryl/α,β-unsaturated/α-hetero) is 1. The molecule has 3 fully saturated rings. The van der Waals surface area contributed by atoms with Crippen LogP contribution in [0.2, 0.25) is 0 Å². The molecule has 0 spiro atoms. The van der Waals surface area contributed by atoms with E-state index in [9.17, 15) is 43.2 Å². The molecule has 212 valence electrons. The van der Waals surface area contributed by atoms with Gasteiger partial charge in [0.2, 0.25) is 0 Å². The smallest absolute Gasteiger partial charge is 0.545 e. The molecule has 12 heteroatoms. The van der Waals surface area contributed by atoms with Crippen molar-refractivity contribution in [2.24, 2.45) is 28.6 Å². The van der Waals surface area contributed by atoms with Gasteiger partial charge in [-0.25, -0.2) is 0 Å². The van der Waals surface area contributed by atoms with E-state index >= 15 is 0 Å². The molecular weight excluding hydrogens is 551 g/mol. The van der Waals surface area contributed by atoms with Crippen LogP contribution in [0.3, 0.4) is 0 Å². The summed E-state index contributed by atoms with van der Waals surface area (Å²) in [5.41, 5.74) is -1.84. The van der Waals surface area contributed by atoms with Gasteiger partial charge >= 0.3 is 29.6 Å². The van der Waals surface area contributed by atoms with Crippen LogP contribution in [0.1, 0.15) is 56.3 Å². The van der Waals surface area contributed by atoms with Crippen molar-refractivity contribution in [2.75, 3.05) is 6.61 Å². The van der Waals surface area contributed by atoms with Crippen LogP contribution in [-0.4, -0.2) is 64.1 Å². The molecule has 4 aliphatic rings. The van der Waals surface area contributed by atoms with Crippen LogP contribution < -0.4 is 34.7 Å². The monoisotopic (exact) mass is 584 g/mol. The first-order chi connectivity index (χ1) is 18.1. The van der Waals surface area contributed by atoms with Crippen molar-refractivity contribution in [2.45, 2.75) is 62.6 Å². The first-order valence-corrected chi connectivity index (χ1v) is 14.3. The van der Waals surface area contributed by atoms with Crippen LogP contribution in [0.5, 0.6) is 0 Å². The zero-order valence-electron chi connectivity index (χ0n) is 22.7. The first-order valence-electron chi connectivity index (χ1n) is 12.9. The Hall–Kier alpha value is -1.70. The standard InChI is InChI=1S/C21H28O5.C7H6O5S.Na/c1-19-7-5-13(23)9-12(19)3-4-14-15-6-8-21(26,17(25)11-22)20(15,2)10-16(24)18(14)19;8-7(9)5-2-1-3-6(4-5)13(10,11)12;/h5,7,9,14-16,18,22,24,26H,3-4,6,8,10-11H2,1-2H3;1-4H,(H,8,9)(H,10,11,12);/q;;+1/p-1/t14?,15?,16?,18?,19-,20-,21-;;/m0../s1. The van der Waals surface area contributed by atoms with Gasteiger partial charge in [-0.3, -0.25) is 14.1 Å². The fourth-order valence-electron chi connectivity index (χ4n) is 7.70. The molecule has 4 N–H and O–H groups in total. The van der Waals surface area contributed by atoms with Gasteiger partial charge in [-0.05, 0) is 73.8 Å². The molecule has 0 radical (unpaired) electrons. The normalized spacial score (nSPS) is 36.0. The number of rotatable bonds is 4. The van der Waals surface area contributed by atoms with Gasteiger partial charge in [-0.2, -0.15) is 8.42 Å². The zero-order valence-corrected chi connectivity index (χ0v) is 25.6. The van der Waals surface area contributed by atoms with Gasteiger partial charge in [-0.1, -0.05) is 37.6 Å². The fraction of sp³-hybridized carbons (Fsp3) is 0.536. The average molecular weight is 585 g/mol. The van der Waals surface area contributed by atoms with Crippen LogP contribution in [0, 0.1) is 28.6 Å². The summed E-state index contributed by atoms with van der Waals surface area (Å²) < 4.78 is 29.7. The Kier molecular flexibility index (Phi) is 9.45. The Morgan fingerprint density at radius 2 is 1.85 bits per heavy atom. The minimum atomic E-state index is -4.35. The van der Waals surface area contributed by atoms with Crippen LogP contribution in [0.25, 0.3) is 0 Å². The third-order valence-electron chi connectivity index (χ3n) is 9.62. The number of carbonyl (C=O) groups excluding carboxylic acids is 3. The van der Waals surface area contributed by atoms with E-state index in [2.05, 4.69) is 6.92 Å². The van der Waals surface area contributed by atoms with E-state index in [1.54, 1.807) is 12.2 Å². The van der Waals surface area contributed by atoms with Crippen LogP contribution in [0.15, 0.2) is 53.0 Å². The Morgan fingerprint density at radius 1 is 1.18 bits per heavy atom. The summed E-state index contributed by atoms with van der Waals surface area (Å²) in [7, 11) is -4.35. The summed E-state index contributed by atoms with van der Waals surface area (Å²) in [6, 6.07) is 4.28. The summed E-state index contributed by atoms with van der Waals surface area (Å²) in [5.74, 6) is -1.72. The molecule has 0 aromatic heterocycles. The maximum Gasteiger partial charge on any atom is 1.00 e. The molecule has 0 aliphatic heterocycles. The number of hydrogen-bond donors (Lipinski definition) is 4. The van der Waals surface area contributed by atoms with Crippen molar-refractivity contribution >= 4 is 27.7 Å². The largest absolute Gasteiger partial charge is 1.00 e. The topological polar surface area (TPSA) is 189 Å². The second kappa shape index (κ2) is 11.5. The fourth-order valence-corrected chi connectivity index (χ4v) is 8.23.